The standard InChI is InChI=1S/C16H17ClFNO/c1-11(15-9-14(18)6-7-16(15)20-2)19-10-12-4-3-5-13(17)8-12/h3-9,11,19H,10H2,1-2H3. The molecule has 106 valence electrons. The van der Waals surface area contributed by atoms with Gasteiger partial charge in [0.1, 0.15) is 11.6 Å². The van der Waals surface area contributed by atoms with Gasteiger partial charge in [-0.05, 0) is 42.8 Å². The Kier molecular flexibility index (Phi) is 4.99. The maximum absolute atomic E-state index is 13.4. The van der Waals surface area contributed by atoms with Crippen LogP contribution in [0.15, 0.2) is 42.5 Å². The van der Waals surface area contributed by atoms with E-state index in [0.717, 1.165) is 11.1 Å². The second-order valence-electron chi connectivity index (χ2n) is 4.62. The Balaban J connectivity index is 2.08. The van der Waals surface area contributed by atoms with E-state index in [9.17, 15) is 4.39 Å². The lowest BCUT2D eigenvalue weighted by Gasteiger charge is -2.17. The third kappa shape index (κ3) is 3.71. The molecule has 0 amide bonds. The fourth-order valence-electron chi connectivity index (χ4n) is 2.07. The van der Waals surface area contributed by atoms with Gasteiger partial charge in [-0.15, -0.1) is 0 Å². The van der Waals surface area contributed by atoms with Crippen LogP contribution in [0.2, 0.25) is 5.02 Å². The van der Waals surface area contributed by atoms with Crippen LogP contribution in [0.3, 0.4) is 0 Å². The normalized spacial score (nSPS) is 12.2. The molecule has 0 heterocycles. The van der Waals surface area contributed by atoms with E-state index in [-0.39, 0.29) is 11.9 Å². The van der Waals surface area contributed by atoms with E-state index in [2.05, 4.69) is 5.32 Å². The topological polar surface area (TPSA) is 21.3 Å². The molecule has 1 unspecified atom stereocenters. The van der Waals surface area contributed by atoms with Crippen LogP contribution in [0.25, 0.3) is 0 Å². The second-order valence-corrected chi connectivity index (χ2v) is 5.06. The Bertz CT molecular complexity index is 588. The van der Waals surface area contributed by atoms with Crippen LogP contribution in [-0.2, 0) is 6.54 Å². The molecule has 2 aromatic carbocycles. The van der Waals surface area contributed by atoms with Crippen LogP contribution in [0.5, 0.6) is 5.75 Å². The Morgan fingerprint density at radius 2 is 2.05 bits per heavy atom. The van der Waals surface area contributed by atoms with Crippen LogP contribution in [0, 0.1) is 5.82 Å². The lowest BCUT2D eigenvalue weighted by molar-refractivity contribution is 0.399. The summed E-state index contributed by atoms with van der Waals surface area (Å²) >= 11 is 5.95. The zero-order valence-electron chi connectivity index (χ0n) is 11.5. The Hall–Kier alpha value is -1.58. The molecule has 0 aromatic heterocycles. The van der Waals surface area contributed by atoms with Crippen molar-refractivity contribution in [2.24, 2.45) is 0 Å². The number of halogens is 2. The molecular formula is C16H17ClFNO. The Morgan fingerprint density at radius 3 is 2.75 bits per heavy atom. The van der Waals surface area contributed by atoms with E-state index in [1.807, 2.05) is 31.2 Å². The Labute approximate surface area is 123 Å². The minimum Gasteiger partial charge on any atom is -0.496 e. The second kappa shape index (κ2) is 6.73. The minimum absolute atomic E-state index is 0.0281. The van der Waals surface area contributed by atoms with Crippen molar-refractivity contribution in [1.82, 2.24) is 5.32 Å². The first-order chi connectivity index (χ1) is 9.60. The Morgan fingerprint density at radius 1 is 1.25 bits per heavy atom. The van der Waals surface area contributed by atoms with Crippen LogP contribution in [0.4, 0.5) is 4.39 Å². The molecule has 2 nitrogen and oxygen atoms in total. The van der Waals surface area contributed by atoms with Crippen molar-refractivity contribution >= 4 is 11.6 Å². The molecule has 1 atom stereocenters. The van der Waals surface area contributed by atoms with Crippen LogP contribution < -0.4 is 10.1 Å². The van der Waals surface area contributed by atoms with Gasteiger partial charge in [-0.3, -0.25) is 0 Å². The fraction of sp³-hybridized carbons (Fsp3) is 0.250. The number of nitrogens with one attached hydrogen (secondary N) is 1. The van der Waals surface area contributed by atoms with Crippen molar-refractivity contribution in [3.63, 3.8) is 0 Å². The number of benzene rings is 2. The van der Waals surface area contributed by atoms with Gasteiger partial charge in [0.05, 0.1) is 7.11 Å². The molecule has 0 aliphatic carbocycles. The number of rotatable bonds is 5. The molecule has 1 N–H and O–H groups in total. The van der Waals surface area contributed by atoms with Gasteiger partial charge >= 0.3 is 0 Å². The summed E-state index contributed by atoms with van der Waals surface area (Å²) in [5.41, 5.74) is 1.88. The smallest absolute Gasteiger partial charge is 0.123 e. The predicted molar refractivity (Wildman–Crippen MR) is 79.7 cm³/mol. The summed E-state index contributed by atoms with van der Waals surface area (Å²) in [6.45, 7) is 2.63. The average molecular weight is 294 g/mol. The predicted octanol–water partition coefficient (Wildman–Crippen LogP) is 4.34. The summed E-state index contributed by atoms with van der Waals surface area (Å²) in [4.78, 5) is 0. The van der Waals surface area contributed by atoms with Crippen molar-refractivity contribution < 1.29 is 9.13 Å². The highest BCUT2D eigenvalue weighted by Crippen LogP contribution is 2.26. The number of ether oxygens (including phenoxy) is 1. The average Bonchev–Trinajstić information content (AvgIpc) is 2.45. The number of methoxy groups -OCH3 is 1. The van der Waals surface area contributed by atoms with Crippen molar-refractivity contribution in [1.29, 1.82) is 0 Å². The molecule has 20 heavy (non-hydrogen) atoms. The maximum Gasteiger partial charge on any atom is 0.123 e. The monoisotopic (exact) mass is 293 g/mol. The molecule has 0 fully saturated rings. The summed E-state index contributed by atoms with van der Waals surface area (Å²) in [5, 5.41) is 4.05. The zero-order chi connectivity index (χ0) is 14.5. The fourth-order valence-corrected chi connectivity index (χ4v) is 2.28. The van der Waals surface area contributed by atoms with Crippen LogP contribution in [-0.4, -0.2) is 7.11 Å². The third-order valence-corrected chi connectivity index (χ3v) is 3.39. The highest BCUT2D eigenvalue weighted by atomic mass is 35.5. The van der Waals surface area contributed by atoms with Crippen LogP contribution >= 0.6 is 11.6 Å². The van der Waals surface area contributed by atoms with E-state index in [1.165, 1.54) is 12.1 Å². The largest absolute Gasteiger partial charge is 0.496 e. The molecule has 4 heteroatoms. The van der Waals surface area contributed by atoms with Gasteiger partial charge in [-0.1, -0.05) is 23.7 Å². The summed E-state index contributed by atoms with van der Waals surface area (Å²) < 4.78 is 18.6. The van der Waals surface area contributed by atoms with Crippen molar-refractivity contribution in [3.8, 4) is 5.75 Å². The van der Waals surface area contributed by atoms with E-state index in [1.54, 1.807) is 13.2 Å². The van der Waals surface area contributed by atoms with Gasteiger partial charge in [-0.2, -0.15) is 0 Å². The number of hydrogen-bond donors (Lipinski definition) is 1. The van der Waals surface area contributed by atoms with Crippen molar-refractivity contribution in [3.05, 3.63) is 64.4 Å². The van der Waals surface area contributed by atoms with Crippen molar-refractivity contribution in [2.45, 2.75) is 19.5 Å². The van der Waals surface area contributed by atoms with Crippen LogP contribution in [0.1, 0.15) is 24.1 Å². The van der Waals surface area contributed by atoms with E-state index < -0.39 is 0 Å². The first kappa shape index (κ1) is 14.8. The third-order valence-electron chi connectivity index (χ3n) is 3.16. The lowest BCUT2D eigenvalue weighted by Crippen LogP contribution is -2.18. The lowest BCUT2D eigenvalue weighted by atomic mass is 10.1. The number of hydrogen-bond acceptors (Lipinski definition) is 2. The summed E-state index contributed by atoms with van der Waals surface area (Å²) in [6, 6.07) is 12.2. The molecular weight excluding hydrogens is 277 g/mol. The maximum atomic E-state index is 13.4. The van der Waals surface area contributed by atoms with Gasteiger partial charge < -0.3 is 10.1 Å². The molecule has 0 radical (unpaired) electrons. The molecule has 0 saturated carbocycles. The van der Waals surface area contributed by atoms with E-state index >= 15 is 0 Å². The van der Waals surface area contributed by atoms with E-state index in [0.29, 0.717) is 17.3 Å². The molecule has 2 rings (SSSR count). The summed E-state index contributed by atoms with van der Waals surface area (Å²) in [7, 11) is 1.58. The molecule has 2 aromatic rings. The van der Waals surface area contributed by atoms with E-state index in [4.69, 9.17) is 16.3 Å². The van der Waals surface area contributed by atoms with Gasteiger partial charge in [-0.25, -0.2) is 4.39 Å². The van der Waals surface area contributed by atoms with Gasteiger partial charge in [0, 0.05) is 23.2 Å². The molecule has 0 saturated heterocycles. The first-order valence-corrected chi connectivity index (χ1v) is 6.79. The highest BCUT2D eigenvalue weighted by Gasteiger charge is 2.12. The van der Waals surface area contributed by atoms with Crippen molar-refractivity contribution in [2.75, 3.05) is 7.11 Å². The minimum atomic E-state index is -0.266. The summed E-state index contributed by atoms with van der Waals surface area (Å²) in [5.74, 6) is 0.412. The van der Waals surface area contributed by atoms with Gasteiger partial charge in [0.15, 0.2) is 0 Å². The highest BCUT2D eigenvalue weighted by molar-refractivity contribution is 6.30. The molecule has 0 spiro atoms. The molecule has 0 aliphatic heterocycles. The van der Waals surface area contributed by atoms with Gasteiger partial charge in [0.25, 0.3) is 0 Å². The SMILES string of the molecule is COc1ccc(F)cc1C(C)NCc1cccc(Cl)c1. The quantitative estimate of drug-likeness (QED) is 0.885. The molecule has 0 bridgehead atoms. The zero-order valence-corrected chi connectivity index (χ0v) is 12.2. The summed E-state index contributed by atoms with van der Waals surface area (Å²) in [6.07, 6.45) is 0. The first-order valence-electron chi connectivity index (χ1n) is 6.41. The van der Waals surface area contributed by atoms with Gasteiger partial charge in [0.2, 0.25) is 0 Å². The molecule has 0 aliphatic rings.